The van der Waals surface area contributed by atoms with Crippen LogP contribution in [0, 0.1) is 5.92 Å². The Kier molecular flexibility index (Phi) is 4.29. The van der Waals surface area contributed by atoms with Crippen LogP contribution in [0.4, 0.5) is 11.6 Å². The quantitative estimate of drug-likeness (QED) is 0.636. The summed E-state index contributed by atoms with van der Waals surface area (Å²) < 4.78 is 0. The lowest BCUT2D eigenvalue weighted by Crippen LogP contribution is -2.35. The Bertz CT molecular complexity index is 393. The van der Waals surface area contributed by atoms with E-state index in [9.17, 15) is 5.11 Å². The minimum Gasteiger partial charge on any atom is -0.394 e. The van der Waals surface area contributed by atoms with Crippen LogP contribution in [0.2, 0.25) is 0 Å². The van der Waals surface area contributed by atoms with Gasteiger partial charge in [-0.15, -0.1) is 0 Å². The molecule has 1 fully saturated rings. The van der Waals surface area contributed by atoms with E-state index < -0.39 is 0 Å². The van der Waals surface area contributed by atoms with Crippen molar-refractivity contribution in [2.24, 2.45) is 5.92 Å². The smallest absolute Gasteiger partial charge is 0.191 e. The zero-order chi connectivity index (χ0) is 13.1. The van der Waals surface area contributed by atoms with Gasteiger partial charge in [-0.3, -0.25) is 0 Å². The monoisotopic (exact) mass is 268 g/mol. The van der Waals surface area contributed by atoms with E-state index in [1.165, 1.54) is 11.8 Å². The van der Waals surface area contributed by atoms with Crippen molar-refractivity contribution in [1.29, 1.82) is 0 Å². The van der Waals surface area contributed by atoms with Gasteiger partial charge in [-0.1, -0.05) is 18.7 Å². The van der Waals surface area contributed by atoms with E-state index in [2.05, 4.69) is 27.1 Å². The van der Waals surface area contributed by atoms with Gasteiger partial charge >= 0.3 is 0 Å². The third kappa shape index (κ3) is 2.54. The van der Waals surface area contributed by atoms with Gasteiger partial charge in [0.05, 0.1) is 12.6 Å². The predicted octanol–water partition coefficient (Wildman–Crippen LogP) is 1.45. The highest BCUT2D eigenvalue weighted by Crippen LogP contribution is 2.30. The zero-order valence-corrected chi connectivity index (χ0v) is 11.9. The Hall–Kier alpha value is -1.01. The first kappa shape index (κ1) is 13.4. The van der Waals surface area contributed by atoms with E-state index in [-0.39, 0.29) is 12.6 Å². The molecule has 0 aliphatic carbocycles. The predicted molar refractivity (Wildman–Crippen MR) is 75.4 cm³/mol. The second kappa shape index (κ2) is 5.75. The molecule has 0 spiro atoms. The van der Waals surface area contributed by atoms with Crippen LogP contribution in [-0.2, 0) is 0 Å². The average Bonchev–Trinajstić information content (AvgIpc) is 2.79. The Balaban J connectivity index is 2.32. The minimum absolute atomic E-state index is 0.166. The van der Waals surface area contributed by atoms with Crippen LogP contribution in [0.3, 0.4) is 0 Å². The van der Waals surface area contributed by atoms with Crippen molar-refractivity contribution in [3.8, 4) is 0 Å². The van der Waals surface area contributed by atoms with E-state index in [1.54, 1.807) is 0 Å². The van der Waals surface area contributed by atoms with Crippen LogP contribution in [0.1, 0.15) is 13.3 Å². The summed E-state index contributed by atoms with van der Waals surface area (Å²) >= 11 is 1.53. The zero-order valence-electron chi connectivity index (χ0n) is 11.1. The molecule has 100 valence electrons. The number of nitrogens with one attached hydrogen (secondary N) is 1. The molecule has 2 N–H and O–H groups in total. The number of hydrogen-bond acceptors (Lipinski definition) is 6. The maximum absolute atomic E-state index is 9.52. The van der Waals surface area contributed by atoms with Crippen molar-refractivity contribution >= 4 is 23.4 Å². The third-order valence-electron chi connectivity index (χ3n) is 3.49. The second-order valence-corrected chi connectivity index (χ2v) is 5.33. The molecular weight excluding hydrogens is 248 g/mol. The Morgan fingerprint density at radius 3 is 2.94 bits per heavy atom. The van der Waals surface area contributed by atoms with Crippen LogP contribution >= 0.6 is 11.8 Å². The topological polar surface area (TPSA) is 61.3 Å². The fraction of sp³-hybridized carbons (Fsp3) is 0.667. The number of aliphatic hydroxyl groups is 1. The van der Waals surface area contributed by atoms with E-state index in [1.807, 2.05) is 19.4 Å². The minimum atomic E-state index is 0.166. The number of anilines is 2. The number of thioether (sulfide) groups is 1. The molecule has 0 bridgehead atoms. The lowest BCUT2D eigenvalue weighted by Gasteiger charge is -2.26. The molecule has 0 radical (unpaired) electrons. The molecule has 1 aromatic heterocycles. The van der Waals surface area contributed by atoms with Crippen molar-refractivity contribution in [3.63, 3.8) is 0 Å². The maximum Gasteiger partial charge on any atom is 0.191 e. The van der Waals surface area contributed by atoms with Crippen LogP contribution < -0.4 is 10.2 Å². The molecule has 5 nitrogen and oxygen atoms in total. The van der Waals surface area contributed by atoms with E-state index in [0.29, 0.717) is 5.92 Å². The summed E-state index contributed by atoms with van der Waals surface area (Å²) in [5, 5.41) is 13.3. The fourth-order valence-corrected chi connectivity index (χ4v) is 2.72. The first-order valence-corrected chi connectivity index (χ1v) is 7.40. The normalized spacial score (nSPS) is 23.4. The average molecular weight is 268 g/mol. The Labute approximate surface area is 112 Å². The third-order valence-corrected chi connectivity index (χ3v) is 4.04. The lowest BCUT2D eigenvalue weighted by atomic mass is 10.0. The summed E-state index contributed by atoms with van der Waals surface area (Å²) in [6.45, 7) is 3.30. The van der Waals surface area contributed by atoms with Gasteiger partial charge in [-0.25, -0.2) is 9.97 Å². The number of nitrogens with zero attached hydrogens (tertiary/aromatic N) is 3. The Morgan fingerprint density at radius 2 is 2.33 bits per heavy atom. The molecule has 0 amide bonds. The van der Waals surface area contributed by atoms with Crippen molar-refractivity contribution in [2.45, 2.75) is 24.5 Å². The van der Waals surface area contributed by atoms with E-state index in [0.717, 1.165) is 29.8 Å². The summed E-state index contributed by atoms with van der Waals surface area (Å²) in [6, 6.07) is 2.11. The van der Waals surface area contributed by atoms with Gasteiger partial charge in [0.2, 0.25) is 0 Å². The van der Waals surface area contributed by atoms with Gasteiger partial charge in [-0.05, 0) is 18.6 Å². The molecule has 2 heterocycles. The molecular formula is C12H20N4OS. The molecule has 0 saturated carbocycles. The van der Waals surface area contributed by atoms with Crippen molar-refractivity contribution in [2.75, 3.05) is 36.7 Å². The second-order valence-electron chi connectivity index (χ2n) is 4.56. The number of aliphatic hydroxyl groups excluding tert-OH is 1. The van der Waals surface area contributed by atoms with Gasteiger partial charge < -0.3 is 15.3 Å². The molecule has 1 aliphatic heterocycles. The molecule has 2 atom stereocenters. The standard InChI is InChI=1S/C12H20N4OS/c1-8-4-5-16(9(8)7-17)11-6-10(13-2)14-12(15-11)18-3/h6,8-9,17H,4-5,7H2,1-3H3,(H,13,14,15). The number of rotatable bonds is 4. The summed E-state index contributed by atoms with van der Waals surface area (Å²) in [6.07, 6.45) is 3.06. The molecule has 2 rings (SSSR count). The van der Waals surface area contributed by atoms with E-state index >= 15 is 0 Å². The van der Waals surface area contributed by atoms with Crippen LogP contribution in [0.25, 0.3) is 0 Å². The largest absolute Gasteiger partial charge is 0.394 e. The van der Waals surface area contributed by atoms with Crippen molar-refractivity contribution < 1.29 is 5.11 Å². The van der Waals surface area contributed by atoms with Crippen LogP contribution in [0.5, 0.6) is 0 Å². The first-order chi connectivity index (χ1) is 8.69. The fourth-order valence-electron chi connectivity index (χ4n) is 2.35. The number of aromatic nitrogens is 2. The molecule has 1 aromatic rings. The van der Waals surface area contributed by atoms with E-state index in [4.69, 9.17) is 0 Å². The first-order valence-electron chi connectivity index (χ1n) is 6.18. The van der Waals surface area contributed by atoms with Crippen LogP contribution in [-0.4, -0.2) is 47.6 Å². The SMILES string of the molecule is CNc1cc(N2CCC(C)C2CO)nc(SC)n1. The lowest BCUT2D eigenvalue weighted by molar-refractivity contribution is 0.244. The van der Waals surface area contributed by atoms with Gasteiger partial charge in [0.1, 0.15) is 11.6 Å². The van der Waals surface area contributed by atoms with Crippen LogP contribution in [0.15, 0.2) is 11.2 Å². The molecule has 1 saturated heterocycles. The van der Waals surface area contributed by atoms with Gasteiger partial charge in [0.15, 0.2) is 5.16 Å². The Morgan fingerprint density at radius 1 is 1.56 bits per heavy atom. The maximum atomic E-state index is 9.52. The van der Waals surface area contributed by atoms with Gasteiger partial charge in [0.25, 0.3) is 0 Å². The number of hydrogen-bond donors (Lipinski definition) is 2. The molecule has 1 aliphatic rings. The van der Waals surface area contributed by atoms with Gasteiger partial charge in [0, 0.05) is 19.7 Å². The van der Waals surface area contributed by atoms with Gasteiger partial charge in [-0.2, -0.15) is 0 Å². The molecule has 6 heteroatoms. The summed E-state index contributed by atoms with van der Waals surface area (Å²) in [7, 11) is 1.85. The summed E-state index contributed by atoms with van der Waals surface area (Å²) in [4.78, 5) is 11.1. The summed E-state index contributed by atoms with van der Waals surface area (Å²) in [5.41, 5.74) is 0. The molecule has 2 unspecified atom stereocenters. The molecule has 18 heavy (non-hydrogen) atoms. The van der Waals surface area contributed by atoms with Crippen molar-refractivity contribution in [1.82, 2.24) is 9.97 Å². The highest BCUT2D eigenvalue weighted by molar-refractivity contribution is 7.98. The highest BCUT2D eigenvalue weighted by atomic mass is 32.2. The molecule has 0 aromatic carbocycles. The van der Waals surface area contributed by atoms with Crippen molar-refractivity contribution in [3.05, 3.63) is 6.07 Å². The summed E-state index contributed by atoms with van der Waals surface area (Å²) in [5.74, 6) is 2.23. The highest BCUT2D eigenvalue weighted by Gasteiger charge is 2.31.